The van der Waals surface area contributed by atoms with Crippen LogP contribution in [0.4, 0.5) is 8.78 Å². The predicted octanol–water partition coefficient (Wildman–Crippen LogP) is 2.38. The molecule has 1 aliphatic heterocycles. The average molecular weight is 589 g/mol. The number of nitrogens with one attached hydrogen (secondary N) is 1. The highest BCUT2D eigenvalue weighted by Gasteiger charge is 2.31. The Balaban J connectivity index is 1.79. The number of amides is 3. The first-order chi connectivity index (χ1) is 18.4. The minimum atomic E-state index is -4.73. The third-order valence-corrected chi connectivity index (χ3v) is 8.02. The molecular formula is C24H27ClF2N4O7S. The van der Waals surface area contributed by atoms with Gasteiger partial charge in [-0.1, -0.05) is 11.6 Å². The third kappa shape index (κ3) is 7.62. The largest absolute Gasteiger partial charge is 0.451 e. The summed E-state index contributed by atoms with van der Waals surface area (Å²) in [7, 11) is -3.45. The number of hydrogen-bond acceptors (Lipinski definition) is 7. The molecule has 39 heavy (non-hydrogen) atoms. The van der Waals surface area contributed by atoms with Gasteiger partial charge in [0, 0.05) is 38.2 Å². The van der Waals surface area contributed by atoms with Crippen molar-refractivity contribution in [3.8, 4) is 11.5 Å². The number of nitrogens with zero attached hydrogens (tertiary/aromatic N) is 3. The molecule has 3 rings (SSSR count). The Kier molecular flexibility index (Phi) is 10.2. The highest BCUT2D eigenvalue weighted by Crippen LogP contribution is 2.31. The van der Waals surface area contributed by atoms with Crippen molar-refractivity contribution < 1.29 is 41.5 Å². The first-order valence-corrected chi connectivity index (χ1v) is 13.7. The normalized spacial score (nSPS) is 13.7. The fourth-order valence-electron chi connectivity index (χ4n) is 3.79. The molecule has 1 aliphatic rings. The number of likely N-dealkylation sites (N-methyl/N-ethyl adjacent to an activating group) is 1. The molecule has 2 aromatic rings. The molecule has 0 spiro atoms. The molecule has 3 amide bonds. The molecule has 15 heteroatoms. The lowest BCUT2D eigenvalue weighted by molar-refractivity contribution is -0.151. The summed E-state index contributed by atoms with van der Waals surface area (Å²) in [5, 5.41) is 9.27. The fourth-order valence-corrected chi connectivity index (χ4v) is 5.33. The average Bonchev–Trinajstić information content (AvgIpc) is 2.93. The lowest BCUT2D eigenvalue weighted by Crippen LogP contribution is -2.48. The summed E-state index contributed by atoms with van der Waals surface area (Å²) in [5.41, 5.74) is 1.29. The summed E-state index contributed by atoms with van der Waals surface area (Å²) in [6, 6.07) is 6.60. The van der Waals surface area contributed by atoms with Crippen molar-refractivity contribution in [1.82, 2.24) is 19.6 Å². The fraction of sp³-hybridized carbons (Fsp3) is 0.375. The second kappa shape index (κ2) is 13.2. The maximum absolute atomic E-state index is 14.8. The minimum Gasteiger partial charge on any atom is -0.451 e. The van der Waals surface area contributed by atoms with Gasteiger partial charge in [0.25, 0.3) is 5.91 Å². The molecule has 0 atom stereocenters. The van der Waals surface area contributed by atoms with Crippen molar-refractivity contribution in [2.45, 2.75) is 24.2 Å². The van der Waals surface area contributed by atoms with E-state index in [1.807, 2.05) is 0 Å². The van der Waals surface area contributed by atoms with Gasteiger partial charge in [-0.05, 0) is 55.7 Å². The number of hydroxylamine groups is 1. The van der Waals surface area contributed by atoms with Gasteiger partial charge < -0.3 is 14.5 Å². The predicted molar refractivity (Wildman–Crippen MR) is 135 cm³/mol. The molecule has 1 heterocycles. The molecule has 0 unspecified atom stereocenters. The van der Waals surface area contributed by atoms with E-state index in [-0.39, 0.29) is 12.3 Å². The van der Waals surface area contributed by atoms with Crippen molar-refractivity contribution in [1.29, 1.82) is 0 Å². The molecule has 1 saturated heterocycles. The van der Waals surface area contributed by atoms with Crippen LogP contribution in [-0.2, 0) is 24.4 Å². The number of carbonyl (C=O) groups is 3. The molecule has 11 nitrogen and oxygen atoms in total. The number of benzene rings is 2. The number of hydrogen-bond donors (Lipinski definition) is 2. The Morgan fingerprint density at radius 1 is 1.05 bits per heavy atom. The van der Waals surface area contributed by atoms with Crippen molar-refractivity contribution >= 4 is 39.3 Å². The van der Waals surface area contributed by atoms with Crippen molar-refractivity contribution in [2.24, 2.45) is 0 Å². The molecular weight excluding hydrogens is 562 g/mol. The van der Waals surface area contributed by atoms with Crippen LogP contribution in [0.5, 0.6) is 11.5 Å². The van der Waals surface area contributed by atoms with Gasteiger partial charge in [0.15, 0.2) is 17.4 Å². The van der Waals surface area contributed by atoms with Crippen LogP contribution in [0.15, 0.2) is 41.3 Å². The Hall–Kier alpha value is -3.33. The topological polar surface area (TPSA) is 137 Å². The maximum Gasteiger partial charge on any atom is 0.312 e. The Morgan fingerprint density at radius 3 is 2.21 bits per heavy atom. The third-order valence-electron chi connectivity index (χ3n) is 5.95. The van der Waals surface area contributed by atoms with Gasteiger partial charge >= 0.3 is 11.8 Å². The van der Waals surface area contributed by atoms with Gasteiger partial charge in [0.05, 0.1) is 11.4 Å². The van der Waals surface area contributed by atoms with E-state index in [0.717, 1.165) is 24.2 Å². The number of sulfonamides is 1. The molecule has 0 radical (unpaired) electrons. The van der Waals surface area contributed by atoms with Crippen molar-refractivity contribution in [3.05, 3.63) is 53.1 Å². The highest BCUT2D eigenvalue weighted by atomic mass is 35.5. The van der Waals surface area contributed by atoms with E-state index in [4.69, 9.17) is 21.5 Å². The van der Waals surface area contributed by atoms with Gasteiger partial charge in [0.1, 0.15) is 5.75 Å². The van der Waals surface area contributed by atoms with E-state index in [1.54, 1.807) is 0 Å². The lowest BCUT2D eigenvalue weighted by Gasteiger charge is -2.29. The van der Waals surface area contributed by atoms with Crippen LogP contribution in [-0.4, -0.2) is 85.2 Å². The quantitative estimate of drug-likeness (QED) is 0.261. The minimum absolute atomic E-state index is 0.0425. The first-order valence-electron chi connectivity index (χ1n) is 11.8. The van der Waals surface area contributed by atoms with Crippen LogP contribution < -0.4 is 10.2 Å². The lowest BCUT2D eigenvalue weighted by atomic mass is 10.1. The summed E-state index contributed by atoms with van der Waals surface area (Å²) in [5.74, 6) is -6.25. The van der Waals surface area contributed by atoms with E-state index in [0.29, 0.717) is 34.6 Å². The van der Waals surface area contributed by atoms with Crippen LogP contribution in [0.2, 0.25) is 5.02 Å². The summed E-state index contributed by atoms with van der Waals surface area (Å²) in [4.78, 5) is 38.4. The SMILES string of the molecule is CN(CCN(CC(=O)NO)S(=O)(=O)c1cc(F)c(Oc2ccc(Cl)cc2)c(F)c1)C(=O)C(=O)N1CCCCC1. The summed E-state index contributed by atoms with van der Waals surface area (Å²) in [6.45, 7) is -0.932. The van der Waals surface area contributed by atoms with Crippen LogP contribution in [0.1, 0.15) is 19.3 Å². The second-order valence-electron chi connectivity index (χ2n) is 8.73. The van der Waals surface area contributed by atoms with Crippen LogP contribution in [0, 0.1) is 11.6 Å². The molecule has 0 saturated carbocycles. The van der Waals surface area contributed by atoms with Crippen LogP contribution >= 0.6 is 11.6 Å². The smallest absolute Gasteiger partial charge is 0.312 e. The number of piperidine rings is 1. The molecule has 2 aromatic carbocycles. The second-order valence-corrected chi connectivity index (χ2v) is 11.1. The van der Waals surface area contributed by atoms with Gasteiger partial charge in [-0.15, -0.1) is 0 Å². The highest BCUT2D eigenvalue weighted by molar-refractivity contribution is 7.89. The Morgan fingerprint density at radius 2 is 1.64 bits per heavy atom. The molecule has 1 fully saturated rings. The zero-order valence-corrected chi connectivity index (χ0v) is 22.5. The van der Waals surface area contributed by atoms with E-state index >= 15 is 0 Å². The van der Waals surface area contributed by atoms with Crippen LogP contribution in [0.3, 0.4) is 0 Å². The molecule has 0 aromatic heterocycles. The molecule has 212 valence electrons. The number of halogens is 3. The Bertz CT molecular complexity index is 1300. The van der Waals surface area contributed by atoms with Gasteiger partial charge in [-0.3, -0.25) is 19.6 Å². The zero-order valence-electron chi connectivity index (χ0n) is 20.9. The maximum atomic E-state index is 14.8. The molecule has 0 bridgehead atoms. The number of likely N-dealkylation sites (tertiary alicyclic amines) is 1. The van der Waals surface area contributed by atoms with E-state index in [2.05, 4.69) is 0 Å². The van der Waals surface area contributed by atoms with E-state index in [1.165, 1.54) is 41.7 Å². The summed E-state index contributed by atoms with van der Waals surface area (Å²) in [6.07, 6.45) is 2.48. The van der Waals surface area contributed by atoms with Crippen LogP contribution in [0.25, 0.3) is 0 Å². The van der Waals surface area contributed by atoms with Crippen molar-refractivity contribution in [2.75, 3.05) is 39.8 Å². The summed E-state index contributed by atoms with van der Waals surface area (Å²) >= 11 is 5.78. The molecule has 0 aliphatic carbocycles. The van der Waals surface area contributed by atoms with Crippen molar-refractivity contribution in [3.63, 3.8) is 0 Å². The number of rotatable bonds is 9. The first kappa shape index (κ1) is 30.2. The standard InChI is InChI=1S/C24H27ClF2N4O7S/c1-29(23(33)24(34)30-9-3-2-4-10-30)11-12-31(15-21(32)28-35)39(36,37)18-13-19(26)22(20(27)14-18)38-17-7-5-16(25)6-8-17/h5-8,13-14,35H,2-4,9-12,15H2,1H3,(H,28,32). The van der Waals surface area contributed by atoms with Gasteiger partial charge in [-0.25, -0.2) is 22.7 Å². The number of carbonyl (C=O) groups excluding carboxylic acids is 3. The van der Waals surface area contributed by atoms with Gasteiger partial charge in [0.2, 0.25) is 10.0 Å². The summed E-state index contributed by atoms with van der Waals surface area (Å²) < 4.78 is 61.8. The van der Waals surface area contributed by atoms with Gasteiger partial charge in [-0.2, -0.15) is 4.31 Å². The molecule has 2 N–H and O–H groups in total. The number of ether oxygens (including phenoxy) is 1. The Labute approximate surface area is 228 Å². The zero-order chi connectivity index (χ0) is 28.7. The monoisotopic (exact) mass is 588 g/mol. The van der Waals surface area contributed by atoms with E-state index < -0.39 is 63.1 Å². The van der Waals surface area contributed by atoms with E-state index in [9.17, 15) is 31.6 Å².